The van der Waals surface area contributed by atoms with E-state index in [0.717, 1.165) is 57.4 Å². The second-order valence-electron chi connectivity index (χ2n) is 7.67. The number of piperidine rings is 2. The lowest BCUT2D eigenvalue weighted by molar-refractivity contribution is 0.0416. The Kier molecular flexibility index (Phi) is 5.91. The van der Waals surface area contributed by atoms with Crippen LogP contribution in [0.3, 0.4) is 0 Å². The molecule has 0 spiro atoms. The average Bonchev–Trinajstić information content (AvgIpc) is 2.76. The van der Waals surface area contributed by atoms with Crippen molar-refractivity contribution in [2.24, 2.45) is 0 Å². The highest BCUT2D eigenvalue weighted by molar-refractivity contribution is 5.94. The molecule has 0 N–H and O–H groups in total. The van der Waals surface area contributed by atoms with Crippen molar-refractivity contribution in [1.29, 1.82) is 0 Å². The zero-order chi connectivity index (χ0) is 19.3. The maximum absolute atomic E-state index is 13.8. The molecule has 2 aromatic rings. The summed E-state index contributed by atoms with van der Waals surface area (Å²) in [5, 5.41) is 0. The Bertz CT molecular complexity index is 782. The quantitative estimate of drug-likeness (QED) is 0.802. The first kappa shape index (κ1) is 18.9. The van der Waals surface area contributed by atoms with Gasteiger partial charge in [0.25, 0.3) is 5.91 Å². The lowest BCUT2D eigenvalue weighted by Gasteiger charge is -2.41. The molecule has 2 heterocycles. The van der Waals surface area contributed by atoms with Crippen molar-refractivity contribution in [1.82, 2.24) is 9.80 Å². The highest BCUT2D eigenvalue weighted by atomic mass is 19.1. The molecule has 148 valence electrons. The van der Waals surface area contributed by atoms with Gasteiger partial charge in [-0.15, -0.1) is 0 Å². The van der Waals surface area contributed by atoms with Crippen LogP contribution >= 0.6 is 0 Å². The van der Waals surface area contributed by atoms with Gasteiger partial charge in [-0.1, -0.05) is 30.3 Å². The van der Waals surface area contributed by atoms with Crippen molar-refractivity contribution in [2.75, 3.05) is 26.2 Å². The second kappa shape index (κ2) is 8.74. The molecule has 0 atom stereocenters. The van der Waals surface area contributed by atoms with Crippen LogP contribution in [0.25, 0.3) is 0 Å². The average molecular weight is 382 g/mol. The zero-order valence-corrected chi connectivity index (χ0v) is 16.1. The van der Waals surface area contributed by atoms with Gasteiger partial charge in [-0.3, -0.25) is 9.69 Å². The maximum atomic E-state index is 13.8. The third-order valence-electron chi connectivity index (χ3n) is 5.90. The minimum absolute atomic E-state index is 0.0768. The molecule has 2 fully saturated rings. The number of hydrogen-bond acceptors (Lipinski definition) is 3. The predicted octanol–water partition coefficient (Wildman–Crippen LogP) is 3.97. The molecule has 0 saturated carbocycles. The van der Waals surface area contributed by atoms with E-state index in [9.17, 15) is 9.18 Å². The number of nitrogens with zero attached hydrogens (tertiary/aromatic N) is 2. The number of para-hydroxylation sites is 1. The smallest absolute Gasteiger partial charge is 0.253 e. The van der Waals surface area contributed by atoms with Crippen LogP contribution in [0.15, 0.2) is 54.6 Å². The number of carbonyl (C=O) groups is 1. The summed E-state index contributed by atoms with van der Waals surface area (Å²) in [6.45, 7) is 3.56. The summed E-state index contributed by atoms with van der Waals surface area (Å²) in [6.07, 6.45) is 3.93. The van der Waals surface area contributed by atoms with Gasteiger partial charge in [0.15, 0.2) is 11.6 Å². The van der Waals surface area contributed by atoms with Gasteiger partial charge in [-0.2, -0.15) is 0 Å². The number of ether oxygens (including phenoxy) is 1. The van der Waals surface area contributed by atoms with E-state index in [-0.39, 0.29) is 17.8 Å². The van der Waals surface area contributed by atoms with Crippen molar-refractivity contribution in [3.63, 3.8) is 0 Å². The normalized spacial score (nSPS) is 19.5. The molecule has 4 rings (SSSR count). The third-order valence-corrected chi connectivity index (χ3v) is 5.90. The maximum Gasteiger partial charge on any atom is 0.253 e. The van der Waals surface area contributed by atoms with Gasteiger partial charge in [0.2, 0.25) is 0 Å². The number of rotatable bonds is 4. The van der Waals surface area contributed by atoms with E-state index in [4.69, 9.17) is 4.74 Å². The lowest BCUT2D eigenvalue weighted by atomic mass is 9.98. The van der Waals surface area contributed by atoms with Crippen LogP contribution in [0, 0.1) is 5.82 Å². The molecular formula is C23H27FN2O2. The highest BCUT2D eigenvalue weighted by Crippen LogP contribution is 2.25. The molecule has 0 bridgehead atoms. The number of carbonyl (C=O) groups excluding carboxylic acids is 1. The van der Waals surface area contributed by atoms with E-state index < -0.39 is 0 Å². The standard InChI is InChI=1S/C23H27FN2O2/c24-21-8-4-5-9-22(21)28-20-12-16-25(17-13-20)19-10-14-26(15-11-19)23(27)18-6-2-1-3-7-18/h1-9,19-20H,10-17H2. The van der Waals surface area contributed by atoms with Crippen LogP contribution in [0.4, 0.5) is 4.39 Å². The summed E-state index contributed by atoms with van der Waals surface area (Å²) in [4.78, 5) is 17.1. The lowest BCUT2D eigenvalue weighted by Crippen LogP contribution is -2.50. The molecule has 5 heteroatoms. The summed E-state index contributed by atoms with van der Waals surface area (Å²) in [6, 6.07) is 16.7. The third kappa shape index (κ3) is 4.36. The fraction of sp³-hybridized carbons (Fsp3) is 0.435. The van der Waals surface area contributed by atoms with Crippen LogP contribution in [-0.2, 0) is 0 Å². The second-order valence-corrected chi connectivity index (χ2v) is 7.67. The van der Waals surface area contributed by atoms with Gasteiger partial charge < -0.3 is 9.64 Å². The van der Waals surface area contributed by atoms with Crippen molar-refractivity contribution >= 4 is 5.91 Å². The summed E-state index contributed by atoms with van der Waals surface area (Å²) in [7, 11) is 0. The molecule has 0 unspecified atom stereocenters. The summed E-state index contributed by atoms with van der Waals surface area (Å²) in [5.74, 6) is 0.199. The summed E-state index contributed by atoms with van der Waals surface area (Å²) < 4.78 is 19.6. The molecule has 0 aliphatic carbocycles. The first-order valence-electron chi connectivity index (χ1n) is 10.2. The Hall–Kier alpha value is -2.40. The van der Waals surface area contributed by atoms with Crippen molar-refractivity contribution in [2.45, 2.75) is 37.8 Å². The van der Waals surface area contributed by atoms with E-state index in [2.05, 4.69) is 4.90 Å². The van der Waals surface area contributed by atoms with E-state index in [0.29, 0.717) is 11.8 Å². The van der Waals surface area contributed by atoms with E-state index in [1.54, 1.807) is 18.2 Å². The van der Waals surface area contributed by atoms with Gasteiger partial charge in [-0.05, 0) is 49.9 Å². The van der Waals surface area contributed by atoms with E-state index in [1.165, 1.54) is 6.07 Å². The molecule has 4 nitrogen and oxygen atoms in total. The van der Waals surface area contributed by atoms with Gasteiger partial charge in [0.1, 0.15) is 6.10 Å². The first-order chi connectivity index (χ1) is 13.7. The van der Waals surface area contributed by atoms with Crippen LogP contribution in [-0.4, -0.2) is 54.0 Å². The molecule has 2 aliphatic heterocycles. The number of hydrogen-bond donors (Lipinski definition) is 0. The SMILES string of the molecule is O=C(c1ccccc1)N1CCC(N2CCC(Oc3ccccc3F)CC2)CC1. The minimum Gasteiger partial charge on any atom is -0.487 e. The fourth-order valence-corrected chi connectivity index (χ4v) is 4.28. The molecule has 0 radical (unpaired) electrons. The molecule has 2 aliphatic rings. The summed E-state index contributed by atoms with van der Waals surface area (Å²) in [5.41, 5.74) is 0.770. The van der Waals surface area contributed by atoms with Crippen LogP contribution in [0.5, 0.6) is 5.75 Å². The molecule has 1 amide bonds. The summed E-state index contributed by atoms with van der Waals surface area (Å²) >= 11 is 0. The van der Waals surface area contributed by atoms with Gasteiger partial charge in [0, 0.05) is 37.8 Å². The number of halogens is 1. The van der Waals surface area contributed by atoms with Crippen LogP contribution in [0.2, 0.25) is 0 Å². The van der Waals surface area contributed by atoms with Gasteiger partial charge >= 0.3 is 0 Å². The molecule has 2 aromatic carbocycles. The van der Waals surface area contributed by atoms with Gasteiger partial charge in [0.05, 0.1) is 0 Å². The van der Waals surface area contributed by atoms with E-state index in [1.807, 2.05) is 35.2 Å². The topological polar surface area (TPSA) is 32.8 Å². The van der Waals surface area contributed by atoms with Gasteiger partial charge in [-0.25, -0.2) is 4.39 Å². The minimum atomic E-state index is -0.291. The monoisotopic (exact) mass is 382 g/mol. The first-order valence-corrected chi connectivity index (χ1v) is 10.2. The molecule has 28 heavy (non-hydrogen) atoms. The van der Waals surface area contributed by atoms with Crippen molar-refractivity contribution < 1.29 is 13.9 Å². The highest BCUT2D eigenvalue weighted by Gasteiger charge is 2.30. The molecular weight excluding hydrogens is 355 g/mol. The largest absolute Gasteiger partial charge is 0.487 e. The van der Waals surface area contributed by atoms with Crippen molar-refractivity contribution in [3.05, 3.63) is 66.0 Å². The number of benzene rings is 2. The Balaban J connectivity index is 1.24. The number of amides is 1. The Morgan fingerprint density at radius 2 is 1.50 bits per heavy atom. The Morgan fingerprint density at radius 3 is 2.18 bits per heavy atom. The van der Waals surface area contributed by atoms with Crippen LogP contribution in [0.1, 0.15) is 36.0 Å². The molecule has 0 aromatic heterocycles. The predicted molar refractivity (Wildman–Crippen MR) is 107 cm³/mol. The van der Waals surface area contributed by atoms with Crippen molar-refractivity contribution in [3.8, 4) is 5.75 Å². The Labute approximate surface area is 165 Å². The van der Waals surface area contributed by atoms with E-state index >= 15 is 0 Å². The fourth-order valence-electron chi connectivity index (χ4n) is 4.28. The molecule has 2 saturated heterocycles. The van der Waals surface area contributed by atoms with Crippen LogP contribution < -0.4 is 4.74 Å². The number of likely N-dealkylation sites (tertiary alicyclic amines) is 2. The Morgan fingerprint density at radius 1 is 0.857 bits per heavy atom. The zero-order valence-electron chi connectivity index (χ0n) is 16.1.